The van der Waals surface area contributed by atoms with E-state index in [1.54, 1.807) is 0 Å². The van der Waals surface area contributed by atoms with Gasteiger partial charge in [0.1, 0.15) is 0 Å². The first-order valence-electron chi connectivity index (χ1n) is 4.00. The zero-order chi connectivity index (χ0) is 11.5. The highest BCUT2D eigenvalue weighted by atomic mass is 19.4. The molecule has 0 spiro atoms. The predicted octanol–water partition coefficient (Wildman–Crippen LogP) is 1.28. The van der Waals surface area contributed by atoms with Crippen molar-refractivity contribution in [2.45, 2.75) is 33.0 Å². The van der Waals surface area contributed by atoms with Gasteiger partial charge in [0.05, 0.1) is 12.0 Å². The summed E-state index contributed by atoms with van der Waals surface area (Å²) in [5, 5.41) is 1.98. The molecule has 0 heterocycles. The van der Waals surface area contributed by atoms with Gasteiger partial charge in [-0.15, -0.1) is 0 Å². The van der Waals surface area contributed by atoms with Crippen molar-refractivity contribution in [3.05, 3.63) is 0 Å². The smallest absolute Gasteiger partial charge is 0.346 e. The fraction of sp³-hybridized carbons (Fsp3) is 0.750. The van der Waals surface area contributed by atoms with Crippen molar-refractivity contribution in [2.75, 3.05) is 0 Å². The number of hydrogen-bond acceptors (Lipinski definition) is 2. The lowest BCUT2D eigenvalue weighted by atomic mass is 9.98. The van der Waals surface area contributed by atoms with E-state index in [4.69, 9.17) is 0 Å². The average Bonchev–Trinajstić information content (AvgIpc) is 1.96. The Bertz CT molecular complexity index is 237. The topological polar surface area (TPSA) is 46.2 Å². The first-order chi connectivity index (χ1) is 6.16. The van der Waals surface area contributed by atoms with E-state index in [9.17, 15) is 22.8 Å². The molecule has 6 heteroatoms. The zero-order valence-electron chi connectivity index (χ0n) is 8.11. The third-order valence-electron chi connectivity index (χ3n) is 1.81. The molecular weight excluding hydrogens is 199 g/mol. The second-order valence-corrected chi connectivity index (χ2v) is 3.12. The first kappa shape index (κ1) is 12.9. The highest BCUT2D eigenvalue weighted by Crippen LogP contribution is 2.28. The van der Waals surface area contributed by atoms with Gasteiger partial charge in [0, 0.05) is 6.92 Å². The van der Waals surface area contributed by atoms with E-state index in [1.165, 1.54) is 0 Å². The number of ketones is 1. The molecule has 0 saturated carbocycles. The van der Waals surface area contributed by atoms with Crippen LogP contribution in [-0.2, 0) is 9.59 Å². The van der Waals surface area contributed by atoms with E-state index in [2.05, 4.69) is 0 Å². The number of alkyl halides is 3. The van der Waals surface area contributed by atoms with Crippen LogP contribution in [0.2, 0.25) is 0 Å². The van der Waals surface area contributed by atoms with Crippen molar-refractivity contribution < 1.29 is 22.8 Å². The van der Waals surface area contributed by atoms with Crippen LogP contribution in [0.5, 0.6) is 0 Å². The quantitative estimate of drug-likeness (QED) is 0.764. The molecule has 2 atom stereocenters. The molecule has 3 nitrogen and oxygen atoms in total. The van der Waals surface area contributed by atoms with Crippen molar-refractivity contribution in [3.8, 4) is 0 Å². The van der Waals surface area contributed by atoms with Crippen molar-refractivity contribution >= 4 is 11.7 Å². The summed E-state index contributed by atoms with van der Waals surface area (Å²) >= 11 is 0. The van der Waals surface area contributed by atoms with E-state index in [1.807, 2.05) is 5.32 Å². The summed E-state index contributed by atoms with van der Waals surface area (Å²) in [6, 6.07) is -1.49. The van der Waals surface area contributed by atoms with Gasteiger partial charge in [-0.1, -0.05) is 6.92 Å². The summed E-state index contributed by atoms with van der Waals surface area (Å²) < 4.78 is 36.6. The molecule has 0 unspecified atom stereocenters. The van der Waals surface area contributed by atoms with E-state index >= 15 is 0 Å². The second kappa shape index (κ2) is 4.43. The monoisotopic (exact) mass is 211 g/mol. The van der Waals surface area contributed by atoms with Crippen LogP contribution in [0.4, 0.5) is 13.2 Å². The molecule has 14 heavy (non-hydrogen) atoms. The number of hydrogen-bond donors (Lipinski definition) is 1. The standard InChI is InChI=1S/C8H12F3NO2/c1-4(8(9,10)11)7(5(2)13)12-6(3)14/h4,7H,1-3H3,(H,12,14)/t4-,7+/m1/s1. The third-order valence-corrected chi connectivity index (χ3v) is 1.81. The summed E-state index contributed by atoms with van der Waals surface area (Å²) in [7, 11) is 0. The highest BCUT2D eigenvalue weighted by Gasteiger charge is 2.43. The van der Waals surface area contributed by atoms with Crippen LogP contribution in [0, 0.1) is 5.92 Å². The summed E-state index contributed by atoms with van der Waals surface area (Å²) in [5.74, 6) is -3.23. The Morgan fingerprint density at radius 1 is 1.21 bits per heavy atom. The van der Waals surface area contributed by atoms with Gasteiger partial charge in [0.2, 0.25) is 5.91 Å². The molecule has 0 aromatic carbocycles. The lowest BCUT2D eigenvalue weighted by Gasteiger charge is -2.24. The molecule has 0 rings (SSSR count). The SMILES string of the molecule is CC(=O)N[C@H](C(C)=O)[C@@H](C)C(F)(F)F. The summed E-state index contributed by atoms with van der Waals surface area (Å²) in [6.07, 6.45) is -4.49. The van der Waals surface area contributed by atoms with Gasteiger partial charge < -0.3 is 5.32 Å². The number of rotatable bonds is 3. The van der Waals surface area contributed by atoms with Crippen molar-refractivity contribution in [2.24, 2.45) is 5.92 Å². The maximum Gasteiger partial charge on any atom is 0.393 e. The van der Waals surface area contributed by atoms with Crippen molar-refractivity contribution in [1.29, 1.82) is 0 Å². The molecule has 0 radical (unpaired) electrons. The molecular formula is C8H12F3NO2. The minimum Gasteiger partial charge on any atom is -0.346 e. The number of carbonyl (C=O) groups is 2. The Hall–Kier alpha value is -1.07. The molecule has 1 N–H and O–H groups in total. The Kier molecular flexibility index (Phi) is 4.09. The van der Waals surface area contributed by atoms with Gasteiger partial charge in [0.15, 0.2) is 5.78 Å². The van der Waals surface area contributed by atoms with Crippen molar-refractivity contribution in [3.63, 3.8) is 0 Å². The fourth-order valence-electron chi connectivity index (χ4n) is 0.987. The van der Waals surface area contributed by atoms with E-state index in [0.29, 0.717) is 0 Å². The molecule has 0 saturated heterocycles. The highest BCUT2D eigenvalue weighted by molar-refractivity contribution is 5.86. The largest absolute Gasteiger partial charge is 0.393 e. The molecule has 0 aromatic heterocycles. The molecule has 0 bridgehead atoms. The third kappa shape index (κ3) is 3.76. The lowest BCUT2D eigenvalue weighted by Crippen LogP contribution is -2.48. The van der Waals surface area contributed by atoms with Gasteiger partial charge in [-0.05, 0) is 6.92 Å². The van der Waals surface area contributed by atoms with Crippen LogP contribution in [0.15, 0.2) is 0 Å². The molecule has 0 aliphatic rings. The van der Waals surface area contributed by atoms with E-state index in [-0.39, 0.29) is 0 Å². The molecule has 0 aromatic rings. The maximum atomic E-state index is 12.2. The summed E-state index contributed by atoms with van der Waals surface area (Å²) in [6.45, 7) is 2.95. The Labute approximate surface area is 79.7 Å². The summed E-state index contributed by atoms with van der Waals surface area (Å²) in [5.41, 5.74) is 0. The Morgan fingerprint density at radius 2 is 1.64 bits per heavy atom. The summed E-state index contributed by atoms with van der Waals surface area (Å²) in [4.78, 5) is 21.4. The molecule has 1 amide bonds. The van der Waals surface area contributed by atoms with Crippen LogP contribution < -0.4 is 5.32 Å². The molecule has 0 aliphatic carbocycles. The maximum absolute atomic E-state index is 12.2. The van der Waals surface area contributed by atoms with Gasteiger partial charge in [0.25, 0.3) is 0 Å². The Balaban J connectivity index is 4.66. The first-order valence-corrected chi connectivity index (χ1v) is 4.00. The van der Waals surface area contributed by atoms with Crippen LogP contribution in [-0.4, -0.2) is 23.9 Å². The predicted molar refractivity (Wildman–Crippen MR) is 43.5 cm³/mol. The second-order valence-electron chi connectivity index (χ2n) is 3.12. The van der Waals surface area contributed by atoms with E-state index in [0.717, 1.165) is 20.8 Å². The van der Waals surface area contributed by atoms with Gasteiger partial charge in [-0.25, -0.2) is 0 Å². The fourth-order valence-corrected chi connectivity index (χ4v) is 0.987. The molecule has 0 aliphatic heterocycles. The zero-order valence-corrected chi connectivity index (χ0v) is 8.11. The van der Waals surface area contributed by atoms with Crippen LogP contribution in [0.3, 0.4) is 0 Å². The minimum atomic E-state index is -4.49. The van der Waals surface area contributed by atoms with Gasteiger partial charge in [-0.3, -0.25) is 9.59 Å². The van der Waals surface area contributed by atoms with E-state index < -0.39 is 29.8 Å². The molecule has 82 valence electrons. The van der Waals surface area contributed by atoms with Crippen LogP contribution in [0.1, 0.15) is 20.8 Å². The molecule has 0 fully saturated rings. The number of nitrogens with one attached hydrogen (secondary N) is 1. The number of halogens is 3. The van der Waals surface area contributed by atoms with Crippen molar-refractivity contribution in [1.82, 2.24) is 5.32 Å². The average molecular weight is 211 g/mol. The van der Waals surface area contributed by atoms with Gasteiger partial charge >= 0.3 is 6.18 Å². The number of amides is 1. The normalized spacial score (nSPS) is 15.9. The minimum absolute atomic E-state index is 0.652. The Morgan fingerprint density at radius 3 is 1.86 bits per heavy atom. The lowest BCUT2D eigenvalue weighted by molar-refractivity contribution is -0.180. The van der Waals surface area contributed by atoms with Crippen LogP contribution >= 0.6 is 0 Å². The van der Waals surface area contributed by atoms with Crippen LogP contribution in [0.25, 0.3) is 0 Å². The number of Topliss-reactive ketones (excluding diaryl/α,β-unsaturated/α-hetero) is 1. The number of carbonyl (C=O) groups excluding carboxylic acids is 2. The van der Waals surface area contributed by atoms with Gasteiger partial charge in [-0.2, -0.15) is 13.2 Å².